The van der Waals surface area contributed by atoms with Gasteiger partial charge >= 0.3 is 11.9 Å². The van der Waals surface area contributed by atoms with E-state index >= 15 is 0 Å². The first-order valence-corrected chi connectivity index (χ1v) is 4.46. The molecule has 0 spiro atoms. The van der Waals surface area contributed by atoms with Gasteiger partial charge in [0.2, 0.25) is 0 Å². The summed E-state index contributed by atoms with van der Waals surface area (Å²) in [5.74, 6) is -2.05. The number of hydrogen-bond donors (Lipinski definition) is 1. The number of carbonyl (C=O) groups is 2. The van der Waals surface area contributed by atoms with E-state index in [-0.39, 0.29) is 6.42 Å². The van der Waals surface area contributed by atoms with E-state index in [9.17, 15) is 9.59 Å². The van der Waals surface area contributed by atoms with Gasteiger partial charge in [-0.25, -0.2) is 0 Å². The van der Waals surface area contributed by atoms with Gasteiger partial charge in [-0.3, -0.25) is 9.59 Å². The predicted molar refractivity (Wildman–Crippen MR) is 47.3 cm³/mol. The molecule has 1 unspecified atom stereocenters. The molecule has 0 heterocycles. The second kappa shape index (κ2) is 6.46. The number of ether oxygens (including phenoxy) is 1. The maximum absolute atomic E-state index is 10.9. The van der Waals surface area contributed by atoms with Crippen LogP contribution in [-0.4, -0.2) is 23.7 Å². The van der Waals surface area contributed by atoms with Crippen LogP contribution in [0.1, 0.15) is 33.1 Å². The minimum atomic E-state index is -0.965. The average Bonchev–Trinajstić information content (AvgIpc) is 2.04. The highest BCUT2D eigenvalue weighted by Crippen LogP contribution is 2.03. The molecule has 1 atom stereocenters. The van der Waals surface area contributed by atoms with E-state index in [1.54, 1.807) is 0 Å². The quantitative estimate of drug-likeness (QED) is 0.506. The van der Waals surface area contributed by atoms with Crippen molar-refractivity contribution >= 4 is 11.9 Å². The van der Waals surface area contributed by atoms with Crippen LogP contribution in [0.4, 0.5) is 0 Å². The Labute approximate surface area is 77.9 Å². The summed E-state index contributed by atoms with van der Waals surface area (Å²) in [7, 11) is 0. The first-order chi connectivity index (χ1) is 6.07. The zero-order valence-electron chi connectivity index (χ0n) is 8.08. The lowest BCUT2D eigenvalue weighted by atomic mass is 10.1. The molecule has 4 nitrogen and oxygen atoms in total. The van der Waals surface area contributed by atoms with Gasteiger partial charge in [0.1, 0.15) is 0 Å². The predicted octanol–water partition coefficient (Wildman–Crippen LogP) is 1.44. The topological polar surface area (TPSA) is 63.6 Å². The maximum Gasteiger partial charge on any atom is 0.306 e. The Kier molecular flexibility index (Phi) is 5.93. The molecule has 0 aliphatic carbocycles. The Bertz CT molecular complexity index is 176. The number of rotatable bonds is 6. The van der Waals surface area contributed by atoms with Gasteiger partial charge in [-0.1, -0.05) is 20.3 Å². The number of carboxylic acid groups (broad SMARTS) is 1. The third kappa shape index (κ3) is 6.13. The Balaban J connectivity index is 3.56. The van der Waals surface area contributed by atoms with Crippen molar-refractivity contribution in [1.29, 1.82) is 0 Å². The van der Waals surface area contributed by atoms with Crippen LogP contribution in [0.25, 0.3) is 0 Å². The summed E-state index contributed by atoms with van der Waals surface area (Å²) in [6.45, 7) is 3.87. The molecule has 0 rings (SSSR count). The fourth-order valence-corrected chi connectivity index (χ4v) is 0.727. The van der Waals surface area contributed by atoms with Crippen molar-refractivity contribution in [3.63, 3.8) is 0 Å². The summed E-state index contributed by atoms with van der Waals surface area (Å²) in [4.78, 5) is 21.3. The average molecular weight is 188 g/mol. The van der Waals surface area contributed by atoms with Crippen molar-refractivity contribution < 1.29 is 19.4 Å². The number of carbonyl (C=O) groups excluding carboxylic acids is 1. The third-order valence-electron chi connectivity index (χ3n) is 1.66. The van der Waals surface area contributed by atoms with Crippen LogP contribution in [0.2, 0.25) is 0 Å². The second-order valence-corrected chi connectivity index (χ2v) is 3.02. The molecule has 0 aliphatic heterocycles. The summed E-state index contributed by atoms with van der Waals surface area (Å²) in [6.07, 6.45) is 1.74. The number of esters is 1. The van der Waals surface area contributed by atoms with Gasteiger partial charge in [0.15, 0.2) is 0 Å². The van der Waals surface area contributed by atoms with E-state index in [1.807, 2.05) is 6.92 Å². The van der Waals surface area contributed by atoms with Crippen LogP contribution in [0.5, 0.6) is 0 Å². The van der Waals surface area contributed by atoms with Crippen molar-refractivity contribution in [2.45, 2.75) is 33.1 Å². The van der Waals surface area contributed by atoms with Gasteiger partial charge in [0, 0.05) is 0 Å². The van der Waals surface area contributed by atoms with Crippen LogP contribution >= 0.6 is 0 Å². The summed E-state index contributed by atoms with van der Waals surface area (Å²) in [6, 6.07) is 0. The SMILES string of the molecule is CCCCOC(=O)CC(C)C(=O)O. The van der Waals surface area contributed by atoms with Gasteiger partial charge in [-0.15, -0.1) is 0 Å². The Morgan fingerprint density at radius 3 is 2.54 bits per heavy atom. The van der Waals surface area contributed by atoms with Crippen molar-refractivity contribution in [3.05, 3.63) is 0 Å². The van der Waals surface area contributed by atoms with E-state index in [4.69, 9.17) is 9.84 Å². The Morgan fingerprint density at radius 1 is 1.46 bits per heavy atom. The van der Waals surface area contributed by atoms with Gasteiger partial charge < -0.3 is 9.84 Å². The number of aliphatic carboxylic acids is 1. The van der Waals surface area contributed by atoms with Crippen LogP contribution in [-0.2, 0) is 14.3 Å². The molecule has 0 radical (unpaired) electrons. The molecule has 0 aromatic carbocycles. The zero-order valence-corrected chi connectivity index (χ0v) is 8.08. The zero-order chi connectivity index (χ0) is 10.3. The molecule has 0 aliphatic rings. The van der Waals surface area contributed by atoms with Crippen LogP contribution < -0.4 is 0 Å². The lowest BCUT2D eigenvalue weighted by Crippen LogP contribution is -2.16. The van der Waals surface area contributed by atoms with Gasteiger partial charge in [-0.05, 0) is 6.42 Å². The molecule has 0 saturated heterocycles. The van der Waals surface area contributed by atoms with Crippen LogP contribution in [0.15, 0.2) is 0 Å². The smallest absolute Gasteiger partial charge is 0.306 e. The summed E-state index contributed by atoms with van der Waals surface area (Å²) in [5, 5.41) is 8.49. The second-order valence-electron chi connectivity index (χ2n) is 3.02. The molecule has 0 saturated carbocycles. The lowest BCUT2D eigenvalue weighted by Gasteiger charge is -2.06. The van der Waals surface area contributed by atoms with Gasteiger partial charge in [-0.2, -0.15) is 0 Å². The van der Waals surface area contributed by atoms with E-state index in [2.05, 4.69) is 0 Å². The Morgan fingerprint density at radius 2 is 2.08 bits per heavy atom. The van der Waals surface area contributed by atoms with E-state index < -0.39 is 17.9 Å². The molecule has 0 aromatic rings. The monoisotopic (exact) mass is 188 g/mol. The lowest BCUT2D eigenvalue weighted by molar-refractivity contribution is -0.151. The fraction of sp³-hybridized carbons (Fsp3) is 0.778. The highest BCUT2D eigenvalue weighted by atomic mass is 16.5. The standard InChI is InChI=1S/C9H16O4/c1-3-4-5-13-8(10)6-7(2)9(11)12/h7H,3-6H2,1-2H3,(H,11,12). The Hall–Kier alpha value is -1.06. The van der Waals surface area contributed by atoms with Crippen molar-refractivity contribution in [3.8, 4) is 0 Å². The molecule has 0 bridgehead atoms. The van der Waals surface area contributed by atoms with E-state index in [0.717, 1.165) is 12.8 Å². The van der Waals surface area contributed by atoms with Crippen molar-refractivity contribution in [2.24, 2.45) is 5.92 Å². The van der Waals surface area contributed by atoms with Gasteiger partial charge in [0.25, 0.3) is 0 Å². The molecule has 0 fully saturated rings. The van der Waals surface area contributed by atoms with Crippen LogP contribution in [0.3, 0.4) is 0 Å². The molecule has 0 amide bonds. The molecule has 0 aromatic heterocycles. The normalized spacial score (nSPS) is 12.2. The fourth-order valence-electron chi connectivity index (χ4n) is 0.727. The first kappa shape index (κ1) is 11.9. The highest BCUT2D eigenvalue weighted by Gasteiger charge is 2.16. The van der Waals surface area contributed by atoms with Crippen molar-refractivity contribution in [1.82, 2.24) is 0 Å². The number of carboxylic acids is 1. The third-order valence-corrected chi connectivity index (χ3v) is 1.66. The summed E-state index contributed by atoms with van der Waals surface area (Å²) < 4.78 is 4.80. The minimum Gasteiger partial charge on any atom is -0.481 e. The summed E-state index contributed by atoms with van der Waals surface area (Å²) >= 11 is 0. The highest BCUT2D eigenvalue weighted by molar-refractivity contribution is 5.78. The van der Waals surface area contributed by atoms with E-state index in [1.165, 1.54) is 6.92 Å². The molecular formula is C9H16O4. The molecule has 1 N–H and O–H groups in total. The number of unbranched alkanes of at least 4 members (excludes halogenated alkanes) is 1. The number of hydrogen-bond acceptors (Lipinski definition) is 3. The van der Waals surface area contributed by atoms with Gasteiger partial charge in [0.05, 0.1) is 18.9 Å². The molecule has 4 heteroatoms. The molecule has 76 valence electrons. The minimum absolute atomic E-state index is 0.0426. The maximum atomic E-state index is 10.9. The molecule has 13 heavy (non-hydrogen) atoms. The largest absolute Gasteiger partial charge is 0.481 e. The van der Waals surface area contributed by atoms with Crippen molar-refractivity contribution in [2.75, 3.05) is 6.61 Å². The first-order valence-electron chi connectivity index (χ1n) is 4.46. The van der Waals surface area contributed by atoms with E-state index in [0.29, 0.717) is 6.61 Å². The van der Waals surface area contributed by atoms with Crippen LogP contribution in [0, 0.1) is 5.92 Å². The molecular weight excluding hydrogens is 172 g/mol. The summed E-state index contributed by atoms with van der Waals surface area (Å²) in [5.41, 5.74) is 0.